The van der Waals surface area contributed by atoms with E-state index in [0.717, 1.165) is 12.0 Å². The van der Waals surface area contributed by atoms with Crippen LogP contribution in [0.5, 0.6) is 0 Å². The van der Waals surface area contributed by atoms with Crippen LogP contribution in [0.15, 0.2) is 41.8 Å². The molecule has 2 aromatic rings. The van der Waals surface area contributed by atoms with Gasteiger partial charge in [-0.2, -0.15) is 8.42 Å². The minimum absolute atomic E-state index is 0.000153. The third kappa shape index (κ3) is 3.48. The molecule has 1 N–H and O–H groups in total. The van der Waals surface area contributed by atoms with E-state index in [0.29, 0.717) is 11.6 Å². The number of aromatic nitrogens is 2. The second-order valence-electron chi connectivity index (χ2n) is 4.12. The quantitative estimate of drug-likeness (QED) is 0.859. The Morgan fingerprint density at radius 3 is 2.53 bits per heavy atom. The number of nitrogens with one attached hydrogen (secondary N) is 1. The average Bonchev–Trinajstić information content (AvgIpc) is 2.79. The van der Waals surface area contributed by atoms with Crippen molar-refractivity contribution in [3.8, 4) is 0 Å². The van der Waals surface area contributed by atoms with Crippen molar-refractivity contribution in [3.05, 3.63) is 42.4 Å². The molecule has 1 heterocycles. The molecule has 0 aliphatic carbocycles. The highest BCUT2D eigenvalue weighted by atomic mass is 35.5. The van der Waals surface area contributed by atoms with Gasteiger partial charge in [-0.15, -0.1) is 11.6 Å². The molecule has 0 radical (unpaired) electrons. The van der Waals surface area contributed by atoms with E-state index in [2.05, 4.69) is 9.71 Å². The minimum Gasteiger partial charge on any atom is -0.339 e. The Balaban J connectivity index is 2.16. The first-order valence-corrected chi connectivity index (χ1v) is 7.69. The number of benzene rings is 1. The first kappa shape index (κ1) is 13.9. The number of hydrogen-bond acceptors (Lipinski definition) is 3. The monoisotopic (exact) mass is 299 g/mol. The van der Waals surface area contributed by atoms with Gasteiger partial charge in [-0.3, -0.25) is 4.72 Å². The van der Waals surface area contributed by atoms with Crippen LogP contribution in [0.4, 0.5) is 5.69 Å². The zero-order chi connectivity index (χ0) is 13.9. The molecule has 2 rings (SSSR count). The van der Waals surface area contributed by atoms with Gasteiger partial charge in [0.2, 0.25) is 0 Å². The highest BCUT2D eigenvalue weighted by Crippen LogP contribution is 2.15. The summed E-state index contributed by atoms with van der Waals surface area (Å²) in [6.45, 7) is 0. The van der Waals surface area contributed by atoms with Crippen molar-refractivity contribution in [2.24, 2.45) is 7.05 Å². The summed E-state index contributed by atoms with van der Waals surface area (Å²) in [5.74, 6) is 0.541. The molecular formula is C12H14ClN3O2S. The molecule has 1 aromatic carbocycles. The number of halogens is 1. The third-order valence-electron chi connectivity index (χ3n) is 2.55. The first-order chi connectivity index (χ1) is 9.01. The number of imidazole rings is 1. The lowest BCUT2D eigenvalue weighted by Gasteiger charge is -2.06. The molecule has 5 nitrogen and oxygen atoms in total. The van der Waals surface area contributed by atoms with Crippen molar-refractivity contribution < 1.29 is 8.42 Å². The highest BCUT2D eigenvalue weighted by molar-refractivity contribution is 7.92. The molecule has 1 aromatic heterocycles. The average molecular weight is 300 g/mol. The SMILES string of the molecule is Cn1cnc(S(=O)(=O)Nc2ccc(CCCl)cc2)c1. The Morgan fingerprint density at radius 1 is 1.32 bits per heavy atom. The number of anilines is 1. The summed E-state index contributed by atoms with van der Waals surface area (Å²) in [7, 11) is -1.91. The molecule has 7 heteroatoms. The highest BCUT2D eigenvalue weighted by Gasteiger charge is 2.16. The normalized spacial score (nSPS) is 11.5. The van der Waals surface area contributed by atoms with Gasteiger partial charge in [0.25, 0.3) is 10.0 Å². The van der Waals surface area contributed by atoms with E-state index in [1.54, 1.807) is 23.7 Å². The van der Waals surface area contributed by atoms with E-state index in [1.807, 2.05) is 12.1 Å². The molecule has 0 aliphatic rings. The molecule has 19 heavy (non-hydrogen) atoms. The lowest BCUT2D eigenvalue weighted by Crippen LogP contribution is -2.13. The largest absolute Gasteiger partial charge is 0.339 e. The summed E-state index contributed by atoms with van der Waals surface area (Å²) in [5, 5.41) is -0.000153. The number of nitrogens with zero attached hydrogens (tertiary/aromatic N) is 2. The van der Waals surface area contributed by atoms with E-state index >= 15 is 0 Å². The van der Waals surface area contributed by atoms with Gasteiger partial charge in [0.15, 0.2) is 5.03 Å². The van der Waals surface area contributed by atoms with Crippen molar-refractivity contribution in [1.29, 1.82) is 0 Å². The molecule has 0 saturated heterocycles. The molecule has 0 atom stereocenters. The number of sulfonamides is 1. The first-order valence-electron chi connectivity index (χ1n) is 5.67. The minimum atomic E-state index is -3.63. The zero-order valence-corrected chi connectivity index (χ0v) is 11.9. The fourth-order valence-electron chi connectivity index (χ4n) is 1.58. The number of alkyl halides is 1. The van der Waals surface area contributed by atoms with Gasteiger partial charge >= 0.3 is 0 Å². The van der Waals surface area contributed by atoms with Gasteiger partial charge in [-0.25, -0.2) is 4.98 Å². The fraction of sp³-hybridized carbons (Fsp3) is 0.250. The zero-order valence-electron chi connectivity index (χ0n) is 10.4. The lowest BCUT2D eigenvalue weighted by atomic mass is 10.2. The van der Waals surface area contributed by atoms with Crippen LogP contribution in [0.2, 0.25) is 0 Å². The summed E-state index contributed by atoms with van der Waals surface area (Å²) < 4.78 is 28.1. The van der Waals surface area contributed by atoms with Crippen molar-refractivity contribution in [2.45, 2.75) is 11.4 Å². The van der Waals surface area contributed by atoms with Crippen LogP contribution in [-0.2, 0) is 23.5 Å². The summed E-state index contributed by atoms with van der Waals surface area (Å²) in [4.78, 5) is 3.83. The second kappa shape index (κ2) is 5.63. The van der Waals surface area contributed by atoms with Crippen LogP contribution >= 0.6 is 11.6 Å². The molecule has 0 amide bonds. The molecule has 0 spiro atoms. The van der Waals surface area contributed by atoms with E-state index in [1.165, 1.54) is 12.5 Å². The van der Waals surface area contributed by atoms with Gasteiger partial charge in [-0.1, -0.05) is 12.1 Å². The number of aryl methyl sites for hydroxylation is 2. The molecule has 0 bridgehead atoms. The standard InChI is InChI=1S/C12H14ClN3O2S/c1-16-8-12(14-9-16)19(17,18)15-11-4-2-10(3-5-11)6-7-13/h2-5,8-9,15H,6-7H2,1H3. The second-order valence-corrected chi connectivity index (χ2v) is 6.13. The summed E-state index contributed by atoms with van der Waals surface area (Å²) in [6.07, 6.45) is 3.65. The molecule has 0 unspecified atom stereocenters. The van der Waals surface area contributed by atoms with E-state index in [-0.39, 0.29) is 5.03 Å². The maximum Gasteiger partial charge on any atom is 0.280 e. The van der Waals surface area contributed by atoms with Crippen LogP contribution in [0.3, 0.4) is 0 Å². The lowest BCUT2D eigenvalue weighted by molar-refractivity contribution is 0.598. The van der Waals surface area contributed by atoms with Crippen molar-refractivity contribution in [1.82, 2.24) is 9.55 Å². The Bertz CT molecular complexity index is 650. The van der Waals surface area contributed by atoms with E-state index < -0.39 is 10.0 Å². The topological polar surface area (TPSA) is 64.0 Å². The van der Waals surface area contributed by atoms with Crippen LogP contribution in [0, 0.1) is 0 Å². The predicted octanol–water partition coefficient (Wildman–Crippen LogP) is 2.00. The molecule has 0 fully saturated rings. The van der Waals surface area contributed by atoms with Crippen LogP contribution in [-0.4, -0.2) is 23.8 Å². The molecular weight excluding hydrogens is 286 g/mol. The van der Waals surface area contributed by atoms with E-state index in [9.17, 15) is 8.42 Å². The summed E-state index contributed by atoms with van der Waals surface area (Å²) >= 11 is 5.64. The van der Waals surface area contributed by atoms with Crippen molar-refractivity contribution in [3.63, 3.8) is 0 Å². The predicted molar refractivity (Wildman–Crippen MR) is 74.9 cm³/mol. The van der Waals surface area contributed by atoms with E-state index in [4.69, 9.17) is 11.6 Å². The summed E-state index contributed by atoms with van der Waals surface area (Å²) in [5.41, 5.74) is 1.57. The number of rotatable bonds is 5. The third-order valence-corrected chi connectivity index (χ3v) is 4.00. The van der Waals surface area contributed by atoms with Crippen LogP contribution in [0.25, 0.3) is 0 Å². The Kier molecular flexibility index (Phi) is 4.11. The molecule has 0 saturated carbocycles. The Morgan fingerprint density at radius 2 is 2.00 bits per heavy atom. The summed E-state index contributed by atoms with van der Waals surface area (Å²) in [6, 6.07) is 7.11. The van der Waals surface area contributed by atoms with Gasteiger partial charge in [-0.05, 0) is 24.1 Å². The molecule has 102 valence electrons. The molecule has 0 aliphatic heterocycles. The van der Waals surface area contributed by atoms with Crippen molar-refractivity contribution in [2.75, 3.05) is 10.6 Å². The van der Waals surface area contributed by atoms with Crippen LogP contribution < -0.4 is 4.72 Å². The maximum absolute atomic E-state index is 12.0. The van der Waals surface area contributed by atoms with Gasteiger partial charge < -0.3 is 4.57 Å². The fourth-order valence-corrected chi connectivity index (χ4v) is 2.84. The Labute approximate surface area is 117 Å². The van der Waals surface area contributed by atoms with Crippen LogP contribution in [0.1, 0.15) is 5.56 Å². The Hall–Kier alpha value is -1.53. The smallest absolute Gasteiger partial charge is 0.280 e. The van der Waals surface area contributed by atoms with Gasteiger partial charge in [0.05, 0.1) is 6.33 Å². The van der Waals surface area contributed by atoms with Crippen molar-refractivity contribution >= 4 is 27.3 Å². The van der Waals surface area contributed by atoms with Gasteiger partial charge in [0.1, 0.15) is 0 Å². The van der Waals surface area contributed by atoms with Gasteiger partial charge in [0, 0.05) is 24.8 Å². The number of hydrogen-bond donors (Lipinski definition) is 1. The maximum atomic E-state index is 12.0.